The van der Waals surface area contributed by atoms with Gasteiger partial charge >= 0.3 is 18.4 Å². The summed E-state index contributed by atoms with van der Waals surface area (Å²) in [6.07, 6.45) is -9.35. The van der Waals surface area contributed by atoms with E-state index >= 15 is 0 Å². The molecule has 0 aromatic heterocycles. The van der Waals surface area contributed by atoms with Crippen LogP contribution in [0.1, 0.15) is 42.9 Å². The number of hydrogen-bond donors (Lipinski definition) is 1. The zero-order valence-corrected chi connectivity index (χ0v) is 20.5. The highest BCUT2D eigenvalue weighted by Gasteiger charge is 2.59. The van der Waals surface area contributed by atoms with Crippen LogP contribution in [0.5, 0.6) is 0 Å². The number of rotatable bonds is 5. The minimum atomic E-state index is -4.79. The van der Waals surface area contributed by atoms with Crippen molar-refractivity contribution in [2.75, 3.05) is 18.0 Å². The normalized spacial score (nSPS) is 21.4. The predicted octanol–water partition coefficient (Wildman–Crippen LogP) is 7.50. The number of nitrogens with zero attached hydrogens (tertiary/aromatic N) is 1. The number of carbonyl (C=O) groups is 1. The number of alkyl carbamates (subject to hydrolysis) is 1. The molecule has 4 rings (SSSR count). The second-order valence-electron chi connectivity index (χ2n) is 9.44. The van der Waals surface area contributed by atoms with Crippen LogP contribution >= 0.6 is 23.2 Å². The monoisotopic (exact) mass is 554 g/mol. The average molecular weight is 555 g/mol. The predicted molar refractivity (Wildman–Crippen MR) is 123 cm³/mol. The Bertz CT molecular complexity index is 1150. The molecule has 4 nitrogen and oxygen atoms in total. The standard InChI is InChI=1S/C24H22Cl2F6N2O2/c1-21(4-5-21)36-20(35)33-12-14-2-3-18(11-19(14)23(27,28)29)34-7-6-22(13-34,24(30,31)32)15-8-16(25)10-17(26)9-15/h2-3,8-11H,4-7,12-13H2,1H3,(H,33,35). The van der Waals surface area contributed by atoms with E-state index in [-0.39, 0.29) is 39.8 Å². The third kappa shape index (κ3) is 5.49. The average Bonchev–Trinajstić information content (AvgIpc) is 3.29. The van der Waals surface area contributed by atoms with E-state index in [9.17, 15) is 31.1 Å². The van der Waals surface area contributed by atoms with Crippen LogP contribution < -0.4 is 10.2 Å². The number of nitrogens with one attached hydrogen (secondary N) is 1. The molecular weight excluding hydrogens is 533 g/mol. The van der Waals surface area contributed by atoms with E-state index in [1.54, 1.807) is 6.92 Å². The highest BCUT2D eigenvalue weighted by atomic mass is 35.5. The van der Waals surface area contributed by atoms with Gasteiger partial charge in [-0.3, -0.25) is 0 Å². The number of hydrogen-bond acceptors (Lipinski definition) is 3. The summed E-state index contributed by atoms with van der Waals surface area (Å²) < 4.78 is 89.7. The number of benzene rings is 2. The Kier molecular flexibility index (Phi) is 6.83. The molecule has 1 unspecified atom stereocenters. The van der Waals surface area contributed by atoms with Crippen molar-refractivity contribution >= 4 is 35.0 Å². The van der Waals surface area contributed by atoms with Gasteiger partial charge in [0.05, 0.1) is 5.56 Å². The maximum absolute atomic E-state index is 14.3. The van der Waals surface area contributed by atoms with Gasteiger partial charge in [0.15, 0.2) is 0 Å². The van der Waals surface area contributed by atoms with Gasteiger partial charge in [0.2, 0.25) is 0 Å². The van der Waals surface area contributed by atoms with Crippen molar-refractivity contribution in [2.45, 2.75) is 56.1 Å². The lowest BCUT2D eigenvalue weighted by Crippen LogP contribution is -2.45. The molecule has 2 aliphatic rings. The number of alkyl halides is 6. The smallest absolute Gasteiger partial charge is 0.416 e. The Hall–Kier alpha value is -2.33. The van der Waals surface area contributed by atoms with Gasteiger partial charge in [-0.15, -0.1) is 0 Å². The molecule has 1 saturated heterocycles. The summed E-state index contributed by atoms with van der Waals surface area (Å²) in [6.45, 7) is 0.533. The van der Waals surface area contributed by atoms with Gasteiger partial charge in [0, 0.05) is 35.4 Å². The molecule has 1 heterocycles. The number of anilines is 1. The lowest BCUT2D eigenvalue weighted by atomic mass is 9.79. The quantitative estimate of drug-likeness (QED) is 0.389. The van der Waals surface area contributed by atoms with Crippen molar-refractivity contribution in [1.82, 2.24) is 5.32 Å². The highest BCUT2D eigenvalue weighted by molar-refractivity contribution is 6.34. The minimum absolute atomic E-state index is 0.0154. The van der Waals surface area contributed by atoms with E-state index in [2.05, 4.69) is 5.32 Å². The van der Waals surface area contributed by atoms with Crippen LogP contribution in [-0.2, 0) is 22.9 Å². The second kappa shape index (κ2) is 9.20. The zero-order chi connectivity index (χ0) is 26.5. The summed E-state index contributed by atoms with van der Waals surface area (Å²) in [6, 6.07) is 6.95. The Labute approximate surface area is 213 Å². The van der Waals surface area contributed by atoms with Gasteiger partial charge in [0.25, 0.3) is 0 Å². The number of halogens is 8. The molecule has 12 heteroatoms. The molecule has 196 valence electrons. The van der Waals surface area contributed by atoms with Crippen LogP contribution in [0.3, 0.4) is 0 Å². The van der Waals surface area contributed by atoms with Crippen molar-refractivity contribution in [3.63, 3.8) is 0 Å². The Morgan fingerprint density at radius 1 is 1.03 bits per heavy atom. The molecule has 1 amide bonds. The molecule has 0 bridgehead atoms. The Morgan fingerprint density at radius 2 is 1.67 bits per heavy atom. The SMILES string of the molecule is CC1(OC(=O)NCc2ccc(N3CCC(c4cc(Cl)cc(Cl)c4)(C(F)(F)F)C3)cc2C(F)(F)F)CC1. The molecule has 36 heavy (non-hydrogen) atoms. The fourth-order valence-corrected chi connectivity index (χ4v) is 4.90. The third-order valence-corrected chi connectivity index (χ3v) is 7.14. The van der Waals surface area contributed by atoms with Crippen LogP contribution in [0, 0.1) is 0 Å². The molecule has 1 saturated carbocycles. The molecule has 1 aliphatic heterocycles. The van der Waals surface area contributed by atoms with Gasteiger partial charge in [-0.25, -0.2) is 4.79 Å². The summed E-state index contributed by atoms with van der Waals surface area (Å²) in [4.78, 5) is 13.2. The maximum atomic E-state index is 14.3. The van der Waals surface area contributed by atoms with E-state index in [4.69, 9.17) is 27.9 Å². The fraction of sp³-hybridized carbons (Fsp3) is 0.458. The molecule has 2 aromatic rings. The van der Waals surface area contributed by atoms with Gasteiger partial charge in [-0.1, -0.05) is 29.3 Å². The van der Waals surface area contributed by atoms with Crippen LogP contribution in [0.4, 0.5) is 36.8 Å². The van der Waals surface area contributed by atoms with Crippen LogP contribution in [-0.4, -0.2) is 31.0 Å². The first-order chi connectivity index (χ1) is 16.6. The Morgan fingerprint density at radius 3 is 2.22 bits per heavy atom. The second-order valence-corrected chi connectivity index (χ2v) is 10.3. The van der Waals surface area contributed by atoms with Crippen LogP contribution in [0.15, 0.2) is 36.4 Å². The van der Waals surface area contributed by atoms with Crippen molar-refractivity contribution in [1.29, 1.82) is 0 Å². The van der Waals surface area contributed by atoms with Crippen molar-refractivity contribution in [3.8, 4) is 0 Å². The molecular formula is C24H22Cl2F6N2O2. The van der Waals surface area contributed by atoms with Gasteiger partial charge in [0.1, 0.15) is 11.0 Å². The van der Waals surface area contributed by atoms with E-state index < -0.39 is 48.1 Å². The first kappa shape index (κ1) is 26.7. The summed E-state index contributed by atoms with van der Waals surface area (Å²) in [7, 11) is 0. The summed E-state index contributed by atoms with van der Waals surface area (Å²) >= 11 is 11.9. The molecule has 0 spiro atoms. The number of amides is 1. The van der Waals surface area contributed by atoms with Crippen molar-refractivity contribution in [2.24, 2.45) is 0 Å². The first-order valence-corrected chi connectivity index (χ1v) is 11.8. The summed E-state index contributed by atoms with van der Waals surface area (Å²) in [5.74, 6) is 0. The molecule has 1 aliphatic carbocycles. The molecule has 1 N–H and O–H groups in total. The van der Waals surface area contributed by atoms with Gasteiger partial charge in [-0.05, 0) is 67.6 Å². The van der Waals surface area contributed by atoms with E-state index in [1.165, 1.54) is 29.2 Å². The lowest BCUT2D eigenvalue weighted by molar-refractivity contribution is -0.184. The molecule has 0 radical (unpaired) electrons. The maximum Gasteiger partial charge on any atom is 0.416 e. The van der Waals surface area contributed by atoms with Gasteiger partial charge < -0.3 is 15.0 Å². The van der Waals surface area contributed by atoms with Gasteiger partial charge in [-0.2, -0.15) is 26.3 Å². The molecule has 1 atom stereocenters. The first-order valence-electron chi connectivity index (χ1n) is 11.1. The summed E-state index contributed by atoms with van der Waals surface area (Å²) in [5.41, 5.74) is -4.38. The topological polar surface area (TPSA) is 41.6 Å². The van der Waals surface area contributed by atoms with E-state index in [1.807, 2.05) is 0 Å². The van der Waals surface area contributed by atoms with Crippen molar-refractivity contribution < 1.29 is 35.9 Å². The molecule has 2 fully saturated rings. The third-order valence-electron chi connectivity index (χ3n) is 6.71. The van der Waals surface area contributed by atoms with Crippen LogP contribution in [0.2, 0.25) is 10.0 Å². The van der Waals surface area contributed by atoms with Crippen molar-refractivity contribution in [3.05, 3.63) is 63.1 Å². The fourth-order valence-electron chi connectivity index (χ4n) is 4.38. The largest absolute Gasteiger partial charge is 0.443 e. The zero-order valence-electron chi connectivity index (χ0n) is 19.0. The van der Waals surface area contributed by atoms with E-state index in [0.29, 0.717) is 12.8 Å². The lowest BCUT2D eigenvalue weighted by Gasteiger charge is -2.33. The Balaban J connectivity index is 1.60. The summed E-state index contributed by atoms with van der Waals surface area (Å²) in [5, 5.41) is 2.38. The molecule has 2 aromatic carbocycles. The van der Waals surface area contributed by atoms with E-state index in [0.717, 1.165) is 12.1 Å². The minimum Gasteiger partial charge on any atom is -0.443 e. The number of ether oxygens (including phenoxy) is 1. The highest BCUT2D eigenvalue weighted by Crippen LogP contribution is 2.50. The number of carbonyl (C=O) groups excluding carboxylic acids is 1. The van der Waals surface area contributed by atoms with Crippen LogP contribution in [0.25, 0.3) is 0 Å².